The molecule has 4 amide bonds. The first-order valence-corrected chi connectivity index (χ1v) is 8.44. The normalized spacial score (nSPS) is 24.8. The van der Waals surface area contributed by atoms with E-state index in [4.69, 9.17) is 11.6 Å². The van der Waals surface area contributed by atoms with Crippen LogP contribution >= 0.6 is 11.6 Å². The van der Waals surface area contributed by atoms with Gasteiger partial charge in [-0.05, 0) is 43.4 Å². The molecule has 0 unspecified atom stereocenters. The van der Waals surface area contributed by atoms with Gasteiger partial charge in [0.2, 0.25) is 11.8 Å². The number of urea groups is 1. The van der Waals surface area contributed by atoms with Crippen LogP contribution in [0.1, 0.15) is 31.2 Å². The van der Waals surface area contributed by atoms with Crippen LogP contribution in [0.15, 0.2) is 24.3 Å². The SMILES string of the molecule is O=C1CC(=O)N([C@H]2CCC[C@@H]2O)C(=O)N1CCc1cccc(Cl)c1. The Kier molecular flexibility index (Phi) is 4.87. The maximum atomic E-state index is 12.6. The predicted molar refractivity (Wildman–Crippen MR) is 87.4 cm³/mol. The summed E-state index contributed by atoms with van der Waals surface area (Å²) < 4.78 is 0. The molecule has 1 aliphatic heterocycles. The summed E-state index contributed by atoms with van der Waals surface area (Å²) in [6.45, 7) is 0.185. The number of aliphatic hydroxyl groups excluding tert-OH is 1. The number of benzene rings is 1. The lowest BCUT2D eigenvalue weighted by Crippen LogP contribution is -2.60. The fraction of sp³-hybridized carbons (Fsp3) is 0.471. The van der Waals surface area contributed by atoms with Crippen molar-refractivity contribution in [3.05, 3.63) is 34.9 Å². The van der Waals surface area contributed by atoms with Gasteiger partial charge in [0.25, 0.3) is 0 Å². The Labute approximate surface area is 145 Å². The van der Waals surface area contributed by atoms with Crippen molar-refractivity contribution in [1.29, 1.82) is 0 Å². The third-order valence-corrected chi connectivity index (χ3v) is 4.83. The minimum atomic E-state index is -0.708. The number of carbonyl (C=O) groups excluding carboxylic acids is 3. The number of hydrogen-bond acceptors (Lipinski definition) is 4. The predicted octanol–water partition coefficient (Wildman–Crippen LogP) is 1.98. The highest BCUT2D eigenvalue weighted by Crippen LogP contribution is 2.28. The van der Waals surface area contributed by atoms with E-state index in [9.17, 15) is 19.5 Å². The number of rotatable bonds is 4. The van der Waals surface area contributed by atoms with Gasteiger partial charge in [-0.15, -0.1) is 0 Å². The zero-order valence-corrected chi connectivity index (χ0v) is 13.9. The van der Waals surface area contributed by atoms with Crippen molar-refractivity contribution in [2.45, 2.75) is 44.2 Å². The van der Waals surface area contributed by atoms with E-state index >= 15 is 0 Å². The highest BCUT2D eigenvalue weighted by atomic mass is 35.5. The van der Waals surface area contributed by atoms with E-state index in [0.29, 0.717) is 24.3 Å². The van der Waals surface area contributed by atoms with Crippen LogP contribution in [0, 0.1) is 0 Å². The monoisotopic (exact) mass is 350 g/mol. The molecule has 1 aliphatic carbocycles. The summed E-state index contributed by atoms with van der Waals surface area (Å²) in [5.41, 5.74) is 0.910. The van der Waals surface area contributed by atoms with Gasteiger partial charge in [0, 0.05) is 11.6 Å². The molecule has 1 saturated heterocycles. The van der Waals surface area contributed by atoms with Crippen LogP contribution in [0.3, 0.4) is 0 Å². The van der Waals surface area contributed by atoms with Gasteiger partial charge in [-0.25, -0.2) is 4.79 Å². The Bertz CT molecular complexity index is 678. The van der Waals surface area contributed by atoms with Crippen molar-refractivity contribution in [3.63, 3.8) is 0 Å². The smallest absolute Gasteiger partial charge is 0.333 e. The number of imide groups is 2. The summed E-state index contributed by atoms with van der Waals surface area (Å²) in [5.74, 6) is -1.01. The van der Waals surface area contributed by atoms with E-state index < -0.39 is 30.0 Å². The highest BCUT2D eigenvalue weighted by molar-refractivity contribution is 6.30. The van der Waals surface area contributed by atoms with Crippen LogP contribution in [0.4, 0.5) is 4.79 Å². The lowest BCUT2D eigenvalue weighted by atomic mass is 10.1. The van der Waals surface area contributed by atoms with E-state index in [1.54, 1.807) is 12.1 Å². The van der Waals surface area contributed by atoms with E-state index in [1.807, 2.05) is 12.1 Å². The topological polar surface area (TPSA) is 77.9 Å². The first kappa shape index (κ1) is 16.9. The average Bonchev–Trinajstić information content (AvgIpc) is 2.93. The number of barbiturate groups is 1. The number of hydrogen-bond donors (Lipinski definition) is 1. The molecule has 1 heterocycles. The van der Waals surface area contributed by atoms with Gasteiger partial charge in [-0.2, -0.15) is 0 Å². The third kappa shape index (κ3) is 3.30. The number of amides is 4. The summed E-state index contributed by atoms with van der Waals surface area (Å²) in [6, 6.07) is 6.07. The Morgan fingerprint density at radius 1 is 1.17 bits per heavy atom. The molecule has 7 heteroatoms. The van der Waals surface area contributed by atoms with Gasteiger partial charge in [-0.3, -0.25) is 19.4 Å². The molecular formula is C17H19ClN2O4. The van der Waals surface area contributed by atoms with Gasteiger partial charge < -0.3 is 5.11 Å². The Morgan fingerprint density at radius 3 is 2.62 bits per heavy atom. The van der Waals surface area contributed by atoms with Crippen molar-refractivity contribution in [3.8, 4) is 0 Å². The zero-order valence-electron chi connectivity index (χ0n) is 13.2. The summed E-state index contributed by atoms with van der Waals surface area (Å²) in [5, 5.41) is 10.6. The van der Waals surface area contributed by atoms with E-state index in [0.717, 1.165) is 21.8 Å². The molecule has 0 spiro atoms. The minimum Gasteiger partial charge on any atom is -0.391 e. The molecule has 6 nitrogen and oxygen atoms in total. The second-order valence-electron chi connectivity index (χ2n) is 6.21. The molecule has 1 aromatic rings. The first-order valence-electron chi connectivity index (χ1n) is 8.06. The van der Waals surface area contributed by atoms with Gasteiger partial charge in [0.05, 0.1) is 12.1 Å². The maximum absolute atomic E-state index is 12.6. The minimum absolute atomic E-state index is 0.185. The first-order chi connectivity index (χ1) is 11.5. The quantitative estimate of drug-likeness (QED) is 0.842. The van der Waals surface area contributed by atoms with Crippen LogP contribution in [-0.4, -0.2) is 51.4 Å². The van der Waals surface area contributed by atoms with Crippen LogP contribution in [0.2, 0.25) is 5.02 Å². The molecule has 24 heavy (non-hydrogen) atoms. The highest BCUT2D eigenvalue weighted by Gasteiger charge is 2.44. The van der Waals surface area contributed by atoms with Crippen molar-refractivity contribution < 1.29 is 19.5 Å². The van der Waals surface area contributed by atoms with Crippen LogP contribution in [0.5, 0.6) is 0 Å². The molecular weight excluding hydrogens is 332 g/mol. The summed E-state index contributed by atoms with van der Waals surface area (Å²) >= 11 is 5.94. The van der Waals surface area contributed by atoms with E-state index in [2.05, 4.69) is 0 Å². The molecule has 1 aromatic carbocycles. The Morgan fingerprint density at radius 2 is 1.96 bits per heavy atom. The fourth-order valence-corrected chi connectivity index (χ4v) is 3.57. The molecule has 0 aromatic heterocycles. The molecule has 1 saturated carbocycles. The van der Waals surface area contributed by atoms with Crippen molar-refractivity contribution in [2.75, 3.05) is 6.54 Å². The summed E-state index contributed by atoms with van der Waals surface area (Å²) in [7, 11) is 0. The van der Waals surface area contributed by atoms with Crippen molar-refractivity contribution >= 4 is 29.4 Å². The van der Waals surface area contributed by atoms with Crippen molar-refractivity contribution in [2.24, 2.45) is 0 Å². The molecule has 2 aliphatic rings. The largest absolute Gasteiger partial charge is 0.391 e. The number of nitrogens with zero attached hydrogens (tertiary/aromatic N) is 2. The average molecular weight is 351 g/mol. The van der Waals surface area contributed by atoms with Gasteiger partial charge in [0.15, 0.2) is 0 Å². The lowest BCUT2D eigenvalue weighted by Gasteiger charge is -2.37. The Hall–Kier alpha value is -1.92. The number of carbonyl (C=O) groups is 3. The molecule has 2 atom stereocenters. The van der Waals surface area contributed by atoms with E-state index in [-0.39, 0.29) is 13.0 Å². The Balaban J connectivity index is 1.73. The van der Waals surface area contributed by atoms with Crippen molar-refractivity contribution in [1.82, 2.24) is 9.80 Å². The van der Waals surface area contributed by atoms with E-state index in [1.165, 1.54) is 0 Å². The second-order valence-corrected chi connectivity index (χ2v) is 6.65. The van der Waals surface area contributed by atoms with Crippen LogP contribution in [-0.2, 0) is 16.0 Å². The number of halogens is 1. The third-order valence-electron chi connectivity index (χ3n) is 4.60. The molecule has 0 radical (unpaired) electrons. The molecule has 0 bridgehead atoms. The maximum Gasteiger partial charge on any atom is 0.333 e. The molecule has 128 valence electrons. The van der Waals surface area contributed by atoms with Crippen LogP contribution < -0.4 is 0 Å². The molecule has 3 rings (SSSR count). The zero-order chi connectivity index (χ0) is 17.3. The molecule has 2 fully saturated rings. The van der Waals surface area contributed by atoms with Gasteiger partial charge >= 0.3 is 6.03 Å². The fourth-order valence-electron chi connectivity index (χ4n) is 3.36. The standard InChI is InChI=1S/C17H19ClN2O4/c18-12-4-1-3-11(9-12)7-8-19-15(22)10-16(23)20(17(19)24)13-5-2-6-14(13)21/h1,3-4,9,13-14,21H,2,5-8,10H2/t13-,14-/m0/s1. The number of aliphatic hydroxyl groups is 1. The van der Waals surface area contributed by atoms with Gasteiger partial charge in [0.1, 0.15) is 6.42 Å². The van der Waals surface area contributed by atoms with Crippen LogP contribution in [0.25, 0.3) is 0 Å². The second kappa shape index (κ2) is 6.91. The lowest BCUT2D eigenvalue weighted by molar-refractivity contribution is -0.145. The molecule has 1 N–H and O–H groups in total. The van der Waals surface area contributed by atoms with Gasteiger partial charge in [-0.1, -0.05) is 23.7 Å². The summed E-state index contributed by atoms with van der Waals surface area (Å²) in [6.07, 6.45) is 1.34. The summed E-state index contributed by atoms with van der Waals surface area (Å²) in [4.78, 5) is 39.1.